The van der Waals surface area contributed by atoms with Crippen LogP contribution in [-0.2, 0) is 0 Å². The molecule has 13 aromatic carbocycles. The van der Waals surface area contributed by atoms with E-state index in [-0.39, 0.29) is 0 Å². The zero-order chi connectivity index (χ0) is 40.7. The van der Waals surface area contributed by atoms with Crippen LogP contribution in [0.4, 0.5) is 0 Å². The van der Waals surface area contributed by atoms with E-state index >= 15 is 0 Å². The van der Waals surface area contributed by atoms with Crippen LogP contribution in [0, 0.1) is 0 Å². The maximum absolute atomic E-state index is 2.38. The summed E-state index contributed by atoms with van der Waals surface area (Å²) in [5.41, 5.74) is 10.2. The molecule has 13 aromatic rings. The van der Waals surface area contributed by atoms with Crippen molar-refractivity contribution in [2.45, 2.75) is 0 Å². The van der Waals surface area contributed by atoms with E-state index in [2.05, 4.69) is 231 Å². The molecule has 13 rings (SSSR count). The van der Waals surface area contributed by atoms with E-state index in [0.717, 1.165) is 0 Å². The lowest BCUT2D eigenvalue weighted by Crippen LogP contribution is -1.93. The highest BCUT2D eigenvalue weighted by Crippen LogP contribution is 2.50. The van der Waals surface area contributed by atoms with Gasteiger partial charge in [-0.2, -0.15) is 0 Å². The first kappa shape index (κ1) is 34.8. The molecule has 0 fully saturated rings. The molecule has 0 nitrogen and oxygen atoms in total. The lowest BCUT2D eigenvalue weighted by molar-refractivity contribution is 1.68. The Kier molecular flexibility index (Phi) is 7.71. The molecule has 0 aliphatic carbocycles. The van der Waals surface area contributed by atoms with Gasteiger partial charge < -0.3 is 0 Å². The molecule has 0 radical (unpaired) electrons. The maximum Gasteiger partial charge on any atom is -0.00201 e. The Morgan fingerprint density at radius 1 is 0.129 bits per heavy atom. The van der Waals surface area contributed by atoms with E-state index in [1.165, 1.54) is 131 Å². The molecule has 0 heterocycles. The van der Waals surface area contributed by atoms with Crippen LogP contribution in [-0.4, -0.2) is 0 Å². The summed E-state index contributed by atoms with van der Waals surface area (Å²) in [5.74, 6) is 0. The Morgan fingerprint density at radius 3 is 0.645 bits per heavy atom. The minimum Gasteiger partial charge on any atom is -0.0616 e. The summed E-state index contributed by atoms with van der Waals surface area (Å²) in [6.45, 7) is 0. The normalized spacial score (nSPS) is 11.9. The first-order chi connectivity index (χ1) is 30.8. The number of hydrogen-bond acceptors (Lipinski definition) is 0. The van der Waals surface area contributed by atoms with Crippen molar-refractivity contribution < 1.29 is 0 Å². The highest BCUT2D eigenvalue weighted by molar-refractivity contribution is 6.29. The Balaban J connectivity index is 1.08. The van der Waals surface area contributed by atoms with Gasteiger partial charge in [0.1, 0.15) is 0 Å². The molecule has 0 amide bonds. The fourth-order valence-electron chi connectivity index (χ4n) is 10.9. The van der Waals surface area contributed by atoms with Crippen LogP contribution in [0.2, 0.25) is 0 Å². The highest BCUT2D eigenvalue weighted by atomic mass is 14.2. The van der Waals surface area contributed by atoms with Gasteiger partial charge >= 0.3 is 0 Å². The van der Waals surface area contributed by atoms with Gasteiger partial charge in [0.2, 0.25) is 0 Å². The fourth-order valence-corrected chi connectivity index (χ4v) is 10.9. The third-order valence-electron chi connectivity index (χ3n) is 13.4. The molecule has 0 spiro atoms. The molecular weight excluding hydrogens is 745 g/mol. The Morgan fingerprint density at radius 2 is 0.339 bits per heavy atom. The predicted molar refractivity (Wildman–Crippen MR) is 268 cm³/mol. The van der Waals surface area contributed by atoms with E-state index in [9.17, 15) is 0 Å². The summed E-state index contributed by atoms with van der Waals surface area (Å²) in [4.78, 5) is 0. The van der Waals surface area contributed by atoms with Crippen LogP contribution in [0.25, 0.3) is 131 Å². The summed E-state index contributed by atoms with van der Waals surface area (Å²) in [7, 11) is 0. The molecule has 0 atom stereocenters. The largest absolute Gasteiger partial charge is 0.0616 e. The average Bonchev–Trinajstić information content (AvgIpc) is 3.34. The summed E-state index contributed by atoms with van der Waals surface area (Å²) < 4.78 is 0. The number of hydrogen-bond donors (Lipinski definition) is 0. The average molecular weight is 783 g/mol. The van der Waals surface area contributed by atoms with Crippen LogP contribution in [0.15, 0.2) is 231 Å². The minimum atomic E-state index is 1.25. The molecule has 0 saturated carbocycles. The third-order valence-corrected chi connectivity index (χ3v) is 13.4. The van der Waals surface area contributed by atoms with E-state index in [1.807, 2.05) is 0 Å². The molecule has 0 aliphatic rings. The number of benzene rings is 13. The van der Waals surface area contributed by atoms with E-state index in [4.69, 9.17) is 0 Å². The Labute approximate surface area is 359 Å². The summed E-state index contributed by atoms with van der Waals surface area (Å²) >= 11 is 0. The lowest BCUT2D eigenvalue weighted by Gasteiger charge is -2.21. The van der Waals surface area contributed by atoms with Gasteiger partial charge in [-0.05, 0) is 131 Å². The number of rotatable bonds is 4. The molecular formula is C62H38. The van der Waals surface area contributed by atoms with Crippen LogP contribution in [0.5, 0.6) is 0 Å². The summed E-state index contributed by atoms with van der Waals surface area (Å²) in [5, 5.41) is 20.2. The predicted octanol–water partition coefficient (Wildman–Crippen LogP) is 17.6. The van der Waals surface area contributed by atoms with Crippen molar-refractivity contribution in [1.29, 1.82) is 0 Å². The van der Waals surface area contributed by atoms with Gasteiger partial charge in [-0.15, -0.1) is 0 Å². The van der Waals surface area contributed by atoms with Gasteiger partial charge in [0.25, 0.3) is 0 Å². The van der Waals surface area contributed by atoms with Crippen molar-refractivity contribution in [3.05, 3.63) is 231 Å². The first-order valence-electron chi connectivity index (χ1n) is 21.6. The molecule has 0 heteroatoms. The van der Waals surface area contributed by atoms with Crippen molar-refractivity contribution in [1.82, 2.24) is 0 Å². The lowest BCUT2D eigenvalue weighted by atomic mass is 9.82. The standard InChI is InChI=1S/C62H38/c1-3-21-41-39(17-1)19-13-33-47(41)59-51-23-5-9-27-55(51)61(56-28-10-6-24-52(56)59)49-35-15-31-43-44-32-16-36-50(46(44)38-37-45(43)49)62-57-29-11-7-25-53(57)60(54-26-8-12-30-58(54)62)48-34-14-20-40-18-2-4-22-42(40)48/h1-38H. The van der Waals surface area contributed by atoms with Crippen molar-refractivity contribution >= 4 is 86.2 Å². The van der Waals surface area contributed by atoms with Crippen LogP contribution in [0.1, 0.15) is 0 Å². The molecule has 0 bridgehead atoms. The van der Waals surface area contributed by atoms with Gasteiger partial charge in [-0.3, -0.25) is 0 Å². The third kappa shape index (κ3) is 5.08. The highest BCUT2D eigenvalue weighted by Gasteiger charge is 2.22. The van der Waals surface area contributed by atoms with Crippen molar-refractivity contribution in [3.63, 3.8) is 0 Å². The summed E-state index contributed by atoms with van der Waals surface area (Å²) in [6.07, 6.45) is 0. The van der Waals surface area contributed by atoms with Gasteiger partial charge in [0.05, 0.1) is 0 Å². The second-order valence-electron chi connectivity index (χ2n) is 16.6. The Hall–Kier alpha value is -8.06. The van der Waals surface area contributed by atoms with Crippen LogP contribution in [0.3, 0.4) is 0 Å². The minimum absolute atomic E-state index is 1.25. The molecule has 0 saturated heterocycles. The first-order valence-corrected chi connectivity index (χ1v) is 21.6. The monoisotopic (exact) mass is 782 g/mol. The van der Waals surface area contributed by atoms with Gasteiger partial charge in [0.15, 0.2) is 0 Å². The van der Waals surface area contributed by atoms with Gasteiger partial charge in [0, 0.05) is 0 Å². The molecule has 0 aliphatic heterocycles. The molecule has 0 unspecified atom stereocenters. The van der Waals surface area contributed by atoms with Crippen molar-refractivity contribution in [2.24, 2.45) is 0 Å². The zero-order valence-corrected chi connectivity index (χ0v) is 33.9. The molecule has 0 aromatic heterocycles. The maximum atomic E-state index is 2.38. The quantitative estimate of drug-likeness (QED) is 0.123. The van der Waals surface area contributed by atoms with Crippen LogP contribution < -0.4 is 0 Å². The SMILES string of the molecule is c1ccc2c(-c3c4ccccc4c(-c4cccc5c4ccc4c(-c6c7ccccc7c(-c7cccc8ccccc78)c7ccccc67)cccc45)c4ccccc34)cccc2c1. The molecule has 0 N–H and O–H groups in total. The van der Waals surface area contributed by atoms with Gasteiger partial charge in [-0.1, -0.05) is 231 Å². The molecule has 286 valence electrons. The van der Waals surface area contributed by atoms with E-state index < -0.39 is 0 Å². The van der Waals surface area contributed by atoms with Crippen LogP contribution >= 0.6 is 0 Å². The molecule has 62 heavy (non-hydrogen) atoms. The number of fused-ring (bicyclic) bond motifs is 9. The second-order valence-corrected chi connectivity index (χ2v) is 16.6. The topological polar surface area (TPSA) is 0 Å². The Bertz CT molecular complexity index is 3590. The zero-order valence-electron chi connectivity index (χ0n) is 33.9. The fraction of sp³-hybridized carbons (Fsp3) is 0. The van der Waals surface area contributed by atoms with Crippen molar-refractivity contribution in [3.8, 4) is 44.5 Å². The second kappa shape index (κ2) is 13.7. The van der Waals surface area contributed by atoms with Crippen molar-refractivity contribution in [2.75, 3.05) is 0 Å². The van der Waals surface area contributed by atoms with E-state index in [1.54, 1.807) is 0 Å². The smallest absolute Gasteiger partial charge is 0.00201 e. The van der Waals surface area contributed by atoms with E-state index in [0.29, 0.717) is 0 Å². The van der Waals surface area contributed by atoms with Gasteiger partial charge in [-0.25, -0.2) is 0 Å². The summed E-state index contributed by atoms with van der Waals surface area (Å²) in [6, 6.07) is 85.6.